The minimum atomic E-state index is -0.781. The van der Waals surface area contributed by atoms with E-state index in [1.807, 2.05) is 0 Å². The molecule has 4 amide bonds. The molecule has 0 saturated carbocycles. The number of hydrogen-bond acceptors (Lipinski definition) is 5. The van der Waals surface area contributed by atoms with Crippen LogP contribution in [0.25, 0.3) is 6.08 Å². The van der Waals surface area contributed by atoms with Gasteiger partial charge in [-0.3, -0.25) is 9.59 Å². The second-order valence-electron chi connectivity index (χ2n) is 7.74. The molecule has 1 heterocycles. The number of nitrogens with zero attached hydrogens (tertiary/aromatic N) is 1. The van der Waals surface area contributed by atoms with Crippen molar-refractivity contribution in [3.05, 3.63) is 95.2 Å². The number of urea groups is 1. The van der Waals surface area contributed by atoms with Crippen molar-refractivity contribution in [2.24, 2.45) is 0 Å². The van der Waals surface area contributed by atoms with Gasteiger partial charge in [0.15, 0.2) is 11.5 Å². The van der Waals surface area contributed by atoms with Gasteiger partial charge in [0, 0.05) is 0 Å². The van der Waals surface area contributed by atoms with Crippen LogP contribution >= 0.6 is 0 Å². The molecular formula is C26H21F2N3O5. The Bertz CT molecular complexity index is 1360. The third kappa shape index (κ3) is 5.66. The first-order valence-electron chi connectivity index (χ1n) is 10.8. The van der Waals surface area contributed by atoms with E-state index in [1.165, 1.54) is 43.5 Å². The molecule has 8 nitrogen and oxygen atoms in total. The summed E-state index contributed by atoms with van der Waals surface area (Å²) in [5, 5.41) is 4.76. The Balaban J connectivity index is 1.43. The highest BCUT2D eigenvalue weighted by atomic mass is 19.1. The van der Waals surface area contributed by atoms with E-state index < -0.39 is 30.2 Å². The van der Waals surface area contributed by atoms with E-state index in [-0.39, 0.29) is 23.8 Å². The Hall–Kier alpha value is -4.73. The van der Waals surface area contributed by atoms with Crippen molar-refractivity contribution in [1.82, 2.24) is 10.2 Å². The largest absolute Gasteiger partial charge is 0.493 e. The number of hydrogen-bond donors (Lipinski definition) is 2. The number of ether oxygens (including phenoxy) is 2. The van der Waals surface area contributed by atoms with Gasteiger partial charge in [-0.1, -0.05) is 30.3 Å². The predicted molar refractivity (Wildman–Crippen MR) is 127 cm³/mol. The van der Waals surface area contributed by atoms with Crippen LogP contribution in [0.5, 0.6) is 11.5 Å². The second kappa shape index (κ2) is 10.7. The number of para-hydroxylation sites is 1. The van der Waals surface area contributed by atoms with E-state index in [9.17, 15) is 23.2 Å². The zero-order valence-corrected chi connectivity index (χ0v) is 19.1. The summed E-state index contributed by atoms with van der Waals surface area (Å²) in [6, 6.07) is 15.6. The molecule has 10 heteroatoms. The van der Waals surface area contributed by atoms with Gasteiger partial charge >= 0.3 is 6.03 Å². The van der Waals surface area contributed by atoms with E-state index in [0.29, 0.717) is 22.6 Å². The number of benzene rings is 3. The van der Waals surface area contributed by atoms with Crippen LogP contribution in [-0.2, 0) is 16.2 Å². The topological polar surface area (TPSA) is 97.0 Å². The van der Waals surface area contributed by atoms with Gasteiger partial charge < -0.3 is 20.1 Å². The number of carbonyl (C=O) groups is 3. The Kier molecular flexibility index (Phi) is 7.24. The maximum Gasteiger partial charge on any atom is 0.329 e. The van der Waals surface area contributed by atoms with E-state index in [0.717, 1.165) is 4.90 Å². The molecule has 36 heavy (non-hydrogen) atoms. The third-order valence-corrected chi connectivity index (χ3v) is 5.19. The lowest BCUT2D eigenvalue weighted by atomic mass is 10.1. The summed E-state index contributed by atoms with van der Waals surface area (Å²) in [5.41, 5.74) is 1.05. The fourth-order valence-corrected chi connectivity index (χ4v) is 3.46. The van der Waals surface area contributed by atoms with Crippen molar-refractivity contribution in [2.75, 3.05) is 19.0 Å². The van der Waals surface area contributed by atoms with Crippen LogP contribution in [0, 0.1) is 11.6 Å². The molecule has 2 N–H and O–H groups in total. The monoisotopic (exact) mass is 493 g/mol. The lowest BCUT2D eigenvalue weighted by molar-refractivity contribution is -0.127. The summed E-state index contributed by atoms with van der Waals surface area (Å²) < 4.78 is 38.2. The number of halogens is 2. The molecule has 1 aliphatic rings. The number of anilines is 1. The Labute approximate surface area is 205 Å². The third-order valence-electron chi connectivity index (χ3n) is 5.19. The molecule has 0 radical (unpaired) electrons. The molecule has 0 bridgehead atoms. The molecule has 3 aromatic rings. The zero-order valence-electron chi connectivity index (χ0n) is 19.1. The van der Waals surface area contributed by atoms with Crippen molar-refractivity contribution >= 4 is 29.6 Å². The average molecular weight is 493 g/mol. The minimum absolute atomic E-state index is 0.0471. The lowest BCUT2D eigenvalue weighted by Crippen LogP contribution is -2.38. The standard InChI is InChI=1S/C26H21F2N3O5/c1-35-23-13-16(9-10-22(23)36-15-17-5-4-6-18(27)11-17)12-21-25(33)31(26(34)30-21)14-24(32)29-20-8-3-2-7-19(20)28/h2-13H,14-15H2,1H3,(H,29,32)(H,30,34)/b21-12+. The van der Waals surface area contributed by atoms with Gasteiger partial charge in [-0.05, 0) is 53.6 Å². The molecule has 0 aromatic heterocycles. The van der Waals surface area contributed by atoms with Gasteiger partial charge in [0.2, 0.25) is 5.91 Å². The first-order valence-corrected chi connectivity index (χ1v) is 10.8. The minimum Gasteiger partial charge on any atom is -0.493 e. The maximum atomic E-state index is 13.7. The number of imide groups is 1. The lowest BCUT2D eigenvalue weighted by Gasteiger charge is -2.12. The highest BCUT2D eigenvalue weighted by molar-refractivity contribution is 6.16. The molecule has 1 saturated heterocycles. The van der Waals surface area contributed by atoms with Gasteiger partial charge in [-0.25, -0.2) is 18.5 Å². The molecule has 0 aliphatic carbocycles. The summed E-state index contributed by atoms with van der Waals surface area (Å²) in [4.78, 5) is 38.0. The highest BCUT2D eigenvalue weighted by Gasteiger charge is 2.35. The molecule has 3 aromatic carbocycles. The smallest absolute Gasteiger partial charge is 0.329 e. The first-order chi connectivity index (χ1) is 17.3. The van der Waals surface area contributed by atoms with Crippen LogP contribution in [-0.4, -0.2) is 36.4 Å². The SMILES string of the molecule is COc1cc(/C=C2/NC(=O)N(CC(=O)Nc3ccccc3F)C2=O)ccc1OCc1cccc(F)c1. The summed E-state index contributed by atoms with van der Waals surface area (Å²) in [5.74, 6) is -1.69. The molecule has 0 atom stereocenters. The van der Waals surface area contributed by atoms with Crippen molar-refractivity contribution in [2.45, 2.75) is 6.61 Å². The van der Waals surface area contributed by atoms with Gasteiger partial charge in [0.1, 0.15) is 30.5 Å². The number of carbonyl (C=O) groups excluding carboxylic acids is 3. The van der Waals surface area contributed by atoms with Crippen LogP contribution in [0.3, 0.4) is 0 Å². The van der Waals surface area contributed by atoms with Crippen molar-refractivity contribution in [1.29, 1.82) is 0 Å². The fraction of sp³-hybridized carbons (Fsp3) is 0.115. The molecule has 184 valence electrons. The summed E-state index contributed by atoms with van der Waals surface area (Å²) in [6.45, 7) is -0.473. The average Bonchev–Trinajstić information content (AvgIpc) is 3.11. The van der Waals surface area contributed by atoms with Crippen molar-refractivity contribution in [3.63, 3.8) is 0 Å². The van der Waals surface area contributed by atoms with Crippen LogP contribution in [0.4, 0.5) is 19.3 Å². The van der Waals surface area contributed by atoms with Gasteiger partial charge in [-0.15, -0.1) is 0 Å². The van der Waals surface area contributed by atoms with E-state index in [1.54, 1.807) is 36.4 Å². The predicted octanol–water partition coefficient (Wildman–Crippen LogP) is 4.08. The van der Waals surface area contributed by atoms with Crippen LogP contribution < -0.4 is 20.1 Å². The molecule has 4 rings (SSSR count). The summed E-state index contributed by atoms with van der Waals surface area (Å²) in [6.07, 6.45) is 1.42. The Morgan fingerprint density at radius 1 is 1.03 bits per heavy atom. The van der Waals surface area contributed by atoms with Gasteiger partial charge in [0.05, 0.1) is 12.8 Å². The maximum absolute atomic E-state index is 13.7. The molecular weight excluding hydrogens is 472 g/mol. The van der Waals surface area contributed by atoms with Gasteiger partial charge in [0.25, 0.3) is 5.91 Å². The quantitative estimate of drug-likeness (QED) is 0.364. The number of methoxy groups -OCH3 is 1. The highest BCUT2D eigenvalue weighted by Crippen LogP contribution is 2.30. The van der Waals surface area contributed by atoms with Crippen LogP contribution in [0.2, 0.25) is 0 Å². The molecule has 0 unspecified atom stereocenters. The summed E-state index contributed by atoms with van der Waals surface area (Å²) in [7, 11) is 1.44. The molecule has 0 spiro atoms. The fourth-order valence-electron chi connectivity index (χ4n) is 3.46. The first kappa shape index (κ1) is 24.4. The van der Waals surface area contributed by atoms with E-state index in [4.69, 9.17) is 9.47 Å². The van der Waals surface area contributed by atoms with Crippen LogP contribution in [0.1, 0.15) is 11.1 Å². The van der Waals surface area contributed by atoms with Crippen molar-refractivity contribution < 1.29 is 32.6 Å². The van der Waals surface area contributed by atoms with Crippen molar-refractivity contribution in [3.8, 4) is 11.5 Å². The summed E-state index contributed by atoms with van der Waals surface area (Å²) >= 11 is 0. The zero-order chi connectivity index (χ0) is 25.7. The normalized spacial score (nSPS) is 14.1. The Morgan fingerprint density at radius 2 is 1.83 bits per heavy atom. The van der Waals surface area contributed by atoms with E-state index in [2.05, 4.69) is 10.6 Å². The van der Waals surface area contributed by atoms with Gasteiger partial charge in [-0.2, -0.15) is 0 Å². The number of nitrogens with one attached hydrogen (secondary N) is 2. The Morgan fingerprint density at radius 3 is 2.58 bits per heavy atom. The second-order valence-corrected chi connectivity index (χ2v) is 7.74. The van der Waals surface area contributed by atoms with Crippen LogP contribution in [0.15, 0.2) is 72.4 Å². The number of rotatable bonds is 8. The molecule has 1 fully saturated rings. The van der Waals surface area contributed by atoms with E-state index >= 15 is 0 Å². The molecule has 1 aliphatic heterocycles. The number of amides is 4.